The van der Waals surface area contributed by atoms with Gasteiger partial charge < -0.3 is 10.6 Å². The Balaban J connectivity index is 2.00. The van der Waals surface area contributed by atoms with Crippen LogP contribution in [0, 0.1) is 5.92 Å². The third-order valence-electron chi connectivity index (χ3n) is 3.89. The van der Waals surface area contributed by atoms with Crippen molar-refractivity contribution in [1.29, 1.82) is 0 Å². The molecule has 4 N–H and O–H groups in total. The van der Waals surface area contributed by atoms with Crippen LogP contribution in [-0.2, 0) is 14.8 Å². The van der Waals surface area contributed by atoms with E-state index >= 15 is 0 Å². The molecule has 3 atom stereocenters. The minimum Gasteiger partial charge on any atom is -0.338 e. The van der Waals surface area contributed by atoms with Crippen LogP contribution in [0.4, 0.5) is 0 Å². The molecule has 6 nitrogen and oxygen atoms in total. The summed E-state index contributed by atoms with van der Waals surface area (Å²) in [6.45, 7) is 0.480. The van der Waals surface area contributed by atoms with Gasteiger partial charge in [-0.2, -0.15) is 0 Å². The van der Waals surface area contributed by atoms with E-state index in [2.05, 4.69) is 0 Å². The van der Waals surface area contributed by atoms with Crippen LogP contribution in [0.2, 0.25) is 0 Å². The number of nitrogens with zero attached hydrogens (tertiary/aromatic N) is 1. The van der Waals surface area contributed by atoms with Crippen LogP contribution in [0.1, 0.15) is 32.1 Å². The van der Waals surface area contributed by atoms with Gasteiger partial charge in [-0.05, 0) is 12.8 Å². The fourth-order valence-electron chi connectivity index (χ4n) is 3.10. The van der Waals surface area contributed by atoms with Crippen LogP contribution < -0.4 is 10.9 Å². The first-order chi connectivity index (χ1) is 8.37. The molecule has 0 aromatic heterocycles. The average molecular weight is 275 g/mol. The molecule has 2 rings (SSSR count). The summed E-state index contributed by atoms with van der Waals surface area (Å²) in [6.07, 6.45) is 4.34. The minimum absolute atomic E-state index is 0.0194. The molecule has 1 aliphatic heterocycles. The van der Waals surface area contributed by atoms with E-state index in [0.29, 0.717) is 6.54 Å². The topological polar surface area (TPSA) is 106 Å². The molecule has 7 heteroatoms. The lowest BCUT2D eigenvalue weighted by molar-refractivity contribution is -0.130. The second kappa shape index (κ2) is 5.14. The van der Waals surface area contributed by atoms with Gasteiger partial charge in [0.05, 0.1) is 5.75 Å². The van der Waals surface area contributed by atoms with Crippen molar-refractivity contribution in [2.45, 2.75) is 44.2 Å². The summed E-state index contributed by atoms with van der Waals surface area (Å²) in [5, 5.41) is 5.03. The van der Waals surface area contributed by atoms with Gasteiger partial charge in [0.25, 0.3) is 0 Å². The number of hydrogen-bond donors (Lipinski definition) is 2. The van der Waals surface area contributed by atoms with Gasteiger partial charge in [-0.15, -0.1) is 0 Å². The molecule has 0 spiro atoms. The van der Waals surface area contributed by atoms with Gasteiger partial charge in [0.2, 0.25) is 15.9 Å². The second-order valence-corrected chi connectivity index (χ2v) is 7.12. The Labute approximate surface area is 108 Å². The smallest absolute Gasteiger partial charge is 0.223 e. The van der Waals surface area contributed by atoms with Crippen molar-refractivity contribution in [2.24, 2.45) is 16.8 Å². The molecule has 2 fully saturated rings. The standard InChI is InChI=1S/C11H21N3O3S/c12-9-3-1-2-4-10(9)14-6-8(5-11(14)15)7-18(13,16)17/h8-10H,1-7,12H2,(H2,13,16,17)/t8?,9-,10-/m0/s1. The maximum atomic E-state index is 12.0. The number of sulfonamides is 1. The summed E-state index contributed by atoms with van der Waals surface area (Å²) in [5.41, 5.74) is 6.06. The Morgan fingerprint density at radius 1 is 1.28 bits per heavy atom. The molecule has 1 unspecified atom stereocenters. The van der Waals surface area contributed by atoms with E-state index in [1.54, 1.807) is 4.90 Å². The van der Waals surface area contributed by atoms with E-state index in [1.807, 2.05) is 0 Å². The van der Waals surface area contributed by atoms with Gasteiger partial charge in [-0.25, -0.2) is 13.6 Å². The van der Waals surface area contributed by atoms with Crippen molar-refractivity contribution in [2.75, 3.05) is 12.3 Å². The van der Waals surface area contributed by atoms with E-state index in [4.69, 9.17) is 10.9 Å². The highest BCUT2D eigenvalue weighted by atomic mass is 32.2. The Hall–Kier alpha value is -0.660. The SMILES string of the molecule is N[C@H]1CCCC[C@@H]1N1CC(CS(N)(=O)=O)CC1=O. The summed E-state index contributed by atoms with van der Waals surface area (Å²) in [6, 6.07) is 0.104. The highest BCUT2D eigenvalue weighted by Crippen LogP contribution is 2.28. The second-order valence-electron chi connectivity index (χ2n) is 5.46. The molecular weight excluding hydrogens is 254 g/mol. The van der Waals surface area contributed by atoms with Crippen molar-refractivity contribution in [3.8, 4) is 0 Å². The van der Waals surface area contributed by atoms with Gasteiger partial charge in [-0.3, -0.25) is 4.79 Å². The molecule has 0 aromatic rings. The first-order valence-corrected chi connectivity index (χ1v) is 8.14. The number of likely N-dealkylation sites (tertiary alicyclic amines) is 1. The first kappa shape index (κ1) is 13.8. The fraction of sp³-hybridized carbons (Fsp3) is 0.909. The van der Waals surface area contributed by atoms with Crippen LogP contribution in [-0.4, -0.2) is 43.6 Å². The van der Waals surface area contributed by atoms with Crippen LogP contribution in [0.3, 0.4) is 0 Å². The Bertz CT molecular complexity index is 423. The maximum absolute atomic E-state index is 12.0. The number of nitrogens with two attached hydrogens (primary N) is 2. The van der Waals surface area contributed by atoms with Crippen molar-refractivity contribution in [3.63, 3.8) is 0 Å². The maximum Gasteiger partial charge on any atom is 0.223 e. The Kier molecular flexibility index (Phi) is 3.93. The number of hydrogen-bond acceptors (Lipinski definition) is 4. The van der Waals surface area contributed by atoms with Crippen molar-refractivity contribution in [1.82, 2.24) is 4.90 Å². The number of primary sulfonamides is 1. The van der Waals surface area contributed by atoms with Gasteiger partial charge in [0.1, 0.15) is 0 Å². The van der Waals surface area contributed by atoms with E-state index in [1.165, 1.54) is 0 Å². The number of rotatable bonds is 3. The van der Waals surface area contributed by atoms with Crippen LogP contribution in [0.15, 0.2) is 0 Å². The zero-order valence-corrected chi connectivity index (χ0v) is 11.2. The molecule has 0 radical (unpaired) electrons. The molecule has 1 amide bonds. The zero-order chi connectivity index (χ0) is 13.3. The summed E-state index contributed by atoms with van der Waals surface area (Å²) >= 11 is 0. The van der Waals surface area contributed by atoms with Crippen LogP contribution >= 0.6 is 0 Å². The number of amides is 1. The lowest BCUT2D eigenvalue weighted by atomic mass is 9.90. The van der Waals surface area contributed by atoms with E-state index in [0.717, 1.165) is 25.7 Å². The lowest BCUT2D eigenvalue weighted by Gasteiger charge is -2.36. The molecule has 2 aliphatic rings. The van der Waals surface area contributed by atoms with Crippen molar-refractivity contribution in [3.05, 3.63) is 0 Å². The predicted octanol–water partition coefficient (Wildman–Crippen LogP) is -0.607. The third kappa shape index (κ3) is 3.21. The minimum atomic E-state index is -3.51. The first-order valence-electron chi connectivity index (χ1n) is 6.42. The predicted molar refractivity (Wildman–Crippen MR) is 68.0 cm³/mol. The molecule has 1 saturated heterocycles. The van der Waals surface area contributed by atoms with Crippen LogP contribution in [0.5, 0.6) is 0 Å². The summed E-state index contributed by atoms with van der Waals surface area (Å²) in [7, 11) is -3.51. The Morgan fingerprint density at radius 2 is 1.94 bits per heavy atom. The summed E-state index contributed by atoms with van der Waals surface area (Å²) < 4.78 is 22.1. The molecule has 1 heterocycles. The van der Waals surface area contributed by atoms with E-state index in [-0.39, 0.29) is 36.1 Å². The average Bonchev–Trinajstić information content (AvgIpc) is 2.57. The number of carbonyl (C=O) groups is 1. The fourth-order valence-corrected chi connectivity index (χ4v) is 3.98. The van der Waals surface area contributed by atoms with Crippen LogP contribution in [0.25, 0.3) is 0 Å². The van der Waals surface area contributed by atoms with Gasteiger partial charge in [-0.1, -0.05) is 12.8 Å². The monoisotopic (exact) mass is 275 g/mol. The van der Waals surface area contributed by atoms with Crippen molar-refractivity contribution < 1.29 is 13.2 Å². The Morgan fingerprint density at radius 3 is 2.56 bits per heavy atom. The van der Waals surface area contributed by atoms with Crippen molar-refractivity contribution >= 4 is 15.9 Å². The highest BCUT2D eigenvalue weighted by molar-refractivity contribution is 7.89. The molecule has 1 aliphatic carbocycles. The quantitative estimate of drug-likeness (QED) is 0.716. The van der Waals surface area contributed by atoms with E-state index < -0.39 is 10.0 Å². The molecule has 1 saturated carbocycles. The van der Waals surface area contributed by atoms with Gasteiger partial charge in [0, 0.05) is 31.0 Å². The lowest BCUT2D eigenvalue weighted by Crippen LogP contribution is -2.50. The molecule has 104 valence electrons. The number of carbonyl (C=O) groups excluding carboxylic acids is 1. The normalized spacial score (nSPS) is 34.0. The van der Waals surface area contributed by atoms with E-state index in [9.17, 15) is 13.2 Å². The third-order valence-corrected chi connectivity index (χ3v) is 4.82. The summed E-state index contributed by atoms with van der Waals surface area (Å²) in [4.78, 5) is 13.7. The molecular formula is C11H21N3O3S. The molecule has 0 aromatic carbocycles. The zero-order valence-electron chi connectivity index (χ0n) is 10.4. The molecule has 18 heavy (non-hydrogen) atoms. The summed E-state index contributed by atoms with van der Waals surface area (Å²) in [5.74, 6) is -0.273. The highest BCUT2D eigenvalue weighted by Gasteiger charge is 2.38. The molecule has 0 bridgehead atoms. The van der Waals surface area contributed by atoms with Gasteiger partial charge >= 0.3 is 0 Å². The largest absolute Gasteiger partial charge is 0.338 e. The van der Waals surface area contributed by atoms with Gasteiger partial charge in [0.15, 0.2) is 0 Å².